The quantitative estimate of drug-likeness (QED) is 0.457. The summed E-state index contributed by atoms with van der Waals surface area (Å²) in [5.74, 6) is 2.07. The number of aromatic nitrogens is 2. The van der Waals surface area contributed by atoms with E-state index in [2.05, 4.69) is 0 Å². The maximum atomic E-state index is 12.5. The van der Waals surface area contributed by atoms with E-state index >= 15 is 0 Å². The smallest absolute Gasteiger partial charge is 0.339 e. The van der Waals surface area contributed by atoms with Gasteiger partial charge >= 0.3 is 5.63 Å². The van der Waals surface area contributed by atoms with Crippen LogP contribution in [0.5, 0.6) is 11.6 Å². The first-order valence-electron chi connectivity index (χ1n) is 12.2. The summed E-state index contributed by atoms with van der Waals surface area (Å²) >= 11 is 1.78. The van der Waals surface area contributed by atoms with Crippen molar-refractivity contribution in [2.24, 2.45) is 0 Å². The Labute approximate surface area is 200 Å². The molecule has 7 rings (SSSR count). The molecule has 0 unspecified atom stereocenters. The van der Waals surface area contributed by atoms with Gasteiger partial charge in [0.25, 0.3) is 0 Å². The van der Waals surface area contributed by atoms with E-state index in [1.165, 1.54) is 21.8 Å². The number of aryl methyl sites for hydroxylation is 3. The molecule has 1 fully saturated rings. The first kappa shape index (κ1) is 20.6. The fourth-order valence-corrected chi connectivity index (χ4v) is 6.93. The number of nitrogens with one attached hydrogen (secondary N) is 1. The highest BCUT2D eigenvalue weighted by atomic mass is 32.1. The van der Waals surface area contributed by atoms with Crippen LogP contribution in [0, 0.1) is 0 Å². The molecule has 1 saturated heterocycles. The summed E-state index contributed by atoms with van der Waals surface area (Å²) in [5.41, 5.74) is 3.68. The number of rotatable bonds is 4. The van der Waals surface area contributed by atoms with Crippen LogP contribution < -0.4 is 15.3 Å². The standard InChI is InChI=1S/C26H25N3O4S/c30-26-18-4-1-3-16(18)17-8-7-15(13-20(17)33-26)32-24-23-19-5-2-6-21(19)34-25(23)28-22(27-24)14-29-9-11-31-12-10-29/h7-8,13H,1-6,9-12,14H2/p+1. The third-order valence-electron chi connectivity index (χ3n) is 7.35. The molecule has 174 valence electrons. The second kappa shape index (κ2) is 8.15. The normalized spacial score (nSPS) is 18.0. The molecule has 1 N–H and O–H groups in total. The molecule has 1 aromatic carbocycles. The van der Waals surface area contributed by atoms with Crippen molar-refractivity contribution in [1.29, 1.82) is 0 Å². The number of fused-ring (bicyclic) bond motifs is 6. The number of morpholine rings is 1. The highest BCUT2D eigenvalue weighted by molar-refractivity contribution is 7.19. The topological polar surface area (TPSA) is 78.9 Å². The molecule has 34 heavy (non-hydrogen) atoms. The summed E-state index contributed by atoms with van der Waals surface area (Å²) in [4.78, 5) is 26.2. The molecule has 7 nitrogen and oxygen atoms in total. The van der Waals surface area contributed by atoms with E-state index in [-0.39, 0.29) is 5.63 Å². The summed E-state index contributed by atoms with van der Waals surface area (Å²) in [6, 6.07) is 5.82. The van der Waals surface area contributed by atoms with Crippen LogP contribution in [0.2, 0.25) is 0 Å². The van der Waals surface area contributed by atoms with Crippen molar-refractivity contribution < 1.29 is 18.8 Å². The summed E-state index contributed by atoms with van der Waals surface area (Å²) in [6.07, 6.45) is 6.06. The number of benzene rings is 1. The van der Waals surface area contributed by atoms with E-state index in [4.69, 9.17) is 23.9 Å². The van der Waals surface area contributed by atoms with Crippen LogP contribution in [0.3, 0.4) is 0 Å². The minimum absolute atomic E-state index is 0.215. The van der Waals surface area contributed by atoms with Gasteiger partial charge in [0, 0.05) is 21.9 Å². The van der Waals surface area contributed by atoms with Crippen molar-refractivity contribution in [2.45, 2.75) is 45.1 Å². The fourth-order valence-electron chi connectivity index (χ4n) is 5.66. The number of hydrogen-bond acceptors (Lipinski definition) is 7. The van der Waals surface area contributed by atoms with Crippen molar-refractivity contribution in [3.8, 4) is 11.6 Å². The average Bonchev–Trinajstić information content (AvgIpc) is 3.56. The number of ether oxygens (including phenoxy) is 2. The Morgan fingerprint density at radius 1 is 1.00 bits per heavy atom. The van der Waals surface area contributed by atoms with Crippen LogP contribution in [0.25, 0.3) is 21.2 Å². The largest absolute Gasteiger partial charge is 0.438 e. The van der Waals surface area contributed by atoms with E-state index in [1.807, 2.05) is 18.2 Å². The van der Waals surface area contributed by atoms with Gasteiger partial charge in [0.15, 0.2) is 5.82 Å². The zero-order valence-electron chi connectivity index (χ0n) is 18.9. The predicted octanol–water partition coefficient (Wildman–Crippen LogP) is 2.98. The number of thiophene rings is 1. The Balaban J connectivity index is 1.30. The monoisotopic (exact) mass is 476 g/mol. The first-order valence-corrected chi connectivity index (χ1v) is 13.0. The molecule has 4 aromatic rings. The highest BCUT2D eigenvalue weighted by Crippen LogP contribution is 2.42. The van der Waals surface area contributed by atoms with Crippen molar-refractivity contribution >= 4 is 32.5 Å². The Morgan fingerprint density at radius 3 is 2.74 bits per heavy atom. The predicted molar refractivity (Wildman–Crippen MR) is 129 cm³/mol. The molecule has 0 atom stereocenters. The molecule has 3 aromatic heterocycles. The van der Waals surface area contributed by atoms with Gasteiger partial charge in [-0.3, -0.25) is 0 Å². The summed E-state index contributed by atoms with van der Waals surface area (Å²) in [5, 5.41) is 2.06. The van der Waals surface area contributed by atoms with Crippen LogP contribution in [0.1, 0.15) is 40.2 Å². The van der Waals surface area contributed by atoms with Crippen LogP contribution in [0.15, 0.2) is 27.4 Å². The maximum absolute atomic E-state index is 12.5. The number of quaternary nitrogens is 1. The minimum Gasteiger partial charge on any atom is -0.438 e. The van der Waals surface area contributed by atoms with Crippen LogP contribution in [0.4, 0.5) is 0 Å². The van der Waals surface area contributed by atoms with Gasteiger partial charge in [0.2, 0.25) is 5.88 Å². The van der Waals surface area contributed by atoms with Gasteiger partial charge in [-0.05, 0) is 61.8 Å². The average molecular weight is 477 g/mol. The van der Waals surface area contributed by atoms with E-state index < -0.39 is 0 Å². The SMILES string of the molecule is O=c1oc2cc(Oc3nc(C[NH+]4CCOCC4)nc4sc5c(c34)CCC5)ccc2c2c1CCC2. The van der Waals surface area contributed by atoms with Gasteiger partial charge < -0.3 is 18.8 Å². The van der Waals surface area contributed by atoms with Gasteiger partial charge in [-0.25, -0.2) is 9.78 Å². The van der Waals surface area contributed by atoms with Crippen molar-refractivity contribution in [3.63, 3.8) is 0 Å². The fraction of sp³-hybridized carbons (Fsp3) is 0.423. The molecule has 4 heterocycles. The second-order valence-electron chi connectivity index (χ2n) is 9.48. The molecule has 3 aliphatic rings. The van der Waals surface area contributed by atoms with E-state index in [1.54, 1.807) is 11.3 Å². The van der Waals surface area contributed by atoms with E-state index in [0.29, 0.717) is 17.2 Å². The highest BCUT2D eigenvalue weighted by Gasteiger charge is 2.26. The molecule has 8 heteroatoms. The third-order valence-corrected chi connectivity index (χ3v) is 8.53. The van der Waals surface area contributed by atoms with Crippen molar-refractivity contribution in [1.82, 2.24) is 9.97 Å². The first-order chi connectivity index (χ1) is 16.7. The van der Waals surface area contributed by atoms with Crippen molar-refractivity contribution in [3.05, 3.63) is 56.0 Å². The Hall–Kier alpha value is -2.81. The summed E-state index contributed by atoms with van der Waals surface area (Å²) < 4.78 is 17.6. The molecular weight excluding hydrogens is 450 g/mol. The van der Waals surface area contributed by atoms with Gasteiger partial charge in [0.1, 0.15) is 35.8 Å². The summed E-state index contributed by atoms with van der Waals surface area (Å²) in [6.45, 7) is 4.25. The Kier molecular flexibility index (Phi) is 4.93. The second-order valence-corrected chi connectivity index (χ2v) is 10.6. The van der Waals surface area contributed by atoms with Gasteiger partial charge in [-0.15, -0.1) is 11.3 Å². The lowest BCUT2D eigenvalue weighted by Gasteiger charge is -2.23. The minimum atomic E-state index is -0.215. The van der Waals surface area contributed by atoms with Crippen molar-refractivity contribution in [2.75, 3.05) is 26.3 Å². The molecule has 0 spiro atoms. The number of hydrogen-bond donors (Lipinski definition) is 1. The Bertz CT molecular complexity index is 1490. The molecule has 0 saturated carbocycles. The van der Waals surface area contributed by atoms with Gasteiger partial charge in [-0.1, -0.05) is 0 Å². The van der Waals surface area contributed by atoms with Crippen LogP contribution in [-0.2, 0) is 37.0 Å². The zero-order chi connectivity index (χ0) is 22.6. The summed E-state index contributed by atoms with van der Waals surface area (Å²) in [7, 11) is 0. The third kappa shape index (κ3) is 3.43. The maximum Gasteiger partial charge on any atom is 0.339 e. The molecule has 0 amide bonds. The lowest BCUT2D eigenvalue weighted by Crippen LogP contribution is -3.12. The lowest BCUT2D eigenvalue weighted by atomic mass is 10.1. The Morgan fingerprint density at radius 2 is 1.82 bits per heavy atom. The van der Waals surface area contributed by atoms with Gasteiger partial charge in [0.05, 0.1) is 18.6 Å². The molecule has 0 bridgehead atoms. The lowest BCUT2D eigenvalue weighted by molar-refractivity contribution is -0.922. The van der Waals surface area contributed by atoms with Gasteiger partial charge in [-0.2, -0.15) is 4.98 Å². The van der Waals surface area contributed by atoms with Crippen LogP contribution >= 0.6 is 11.3 Å². The van der Waals surface area contributed by atoms with E-state index in [0.717, 1.165) is 97.5 Å². The molecular formula is C26H26N3O4S+. The van der Waals surface area contributed by atoms with E-state index in [9.17, 15) is 4.79 Å². The molecule has 1 aliphatic heterocycles. The molecule has 0 radical (unpaired) electrons. The number of nitrogens with zero attached hydrogens (tertiary/aromatic N) is 2. The molecule has 2 aliphatic carbocycles. The zero-order valence-corrected chi connectivity index (χ0v) is 19.8. The van der Waals surface area contributed by atoms with Crippen LogP contribution in [-0.4, -0.2) is 36.3 Å².